The Morgan fingerprint density at radius 1 is 1.57 bits per heavy atom. The van der Waals surface area contributed by atoms with Gasteiger partial charge in [-0.1, -0.05) is 0 Å². The molecule has 2 heterocycles. The van der Waals surface area contributed by atoms with E-state index in [0.717, 1.165) is 23.8 Å². The molecule has 0 fully saturated rings. The van der Waals surface area contributed by atoms with Crippen molar-refractivity contribution in [3.8, 4) is 0 Å². The van der Waals surface area contributed by atoms with Crippen LogP contribution in [-0.2, 0) is 13.1 Å². The third-order valence-corrected chi connectivity index (χ3v) is 2.60. The number of nitrogens with one attached hydrogen (secondary N) is 1. The van der Waals surface area contributed by atoms with Crippen molar-refractivity contribution in [1.29, 1.82) is 0 Å². The molecule has 0 radical (unpaired) electrons. The maximum absolute atomic E-state index is 4.40. The Bertz CT molecular complexity index is 379. The van der Waals surface area contributed by atoms with E-state index in [-0.39, 0.29) is 0 Å². The van der Waals surface area contributed by atoms with Crippen LogP contribution in [0.2, 0.25) is 0 Å². The summed E-state index contributed by atoms with van der Waals surface area (Å²) >= 11 is 1.65. The van der Waals surface area contributed by atoms with Crippen LogP contribution in [0.3, 0.4) is 0 Å². The second-order valence-corrected chi connectivity index (χ2v) is 3.94. The minimum Gasteiger partial charge on any atom is -0.314 e. The van der Waals surface area contributed by atoms with Crippen LogP contribution < -0.4 is 5.32 Å². The molecule has 0 saturated carbocycles. The second-order valence-electron chi connectivity index (χ2n) is 2.96. The van der Waals surface area contributed by atoms with Crippen molar-refractivity contribution < 1.29 is 0 Å². The highest BCUT2D eigenvalue weighted by Crippen LogP contribution is 2.06. The smallest absolute Gasteiger partial charge is 0.114 e. The Hall–Kier alpha value is -1.20. The highest BCUT2D eigenvalue weighted by atomic mass is 32.1. The van der Waals surface area contributed by atoms with E-state index in [4.69, 9.17) is 0 Å². The van der Waals surface area contributed by atoms with Gasteiger partial charge in [-0.25, -0.2) is 4.98 Å². The minimum atomic E-state index is 0.765. The summed E-state index contributed by atoms with van der Waals surface area (Å²) in [5.74, 6) is 0. The van der Waals surface area contributed by atoms with Gasteiger partial charge >= 0.3 is 0 Å². The normalized spacial score (nSPS) is 10.6. The average molecular weight is 208 g/mol. The maximum atomic E-state index is 4.40. The number of hydrogen-bond donors (Lipinski definition) is 1. The molecule has 2 aromatic heterocycles. The van der Waals surface area contributed by atoms with E-state index >= 15 is 0 Å². The molecule has 1 N–H and O–H groups in total. The third kappa shape index (κ3) is 2.18. The lowest BCUT2D eigenvalue weighted by atomic mass is 10.4. The Balaban J connectivity index is 2.03. The van der Waals surface area contributed by atoms with Crippen LogP contribution in [0.4, 0.5) is 0 Å². The fourth-order valence-corrected chi connectivity index (χ4v) is 1.84. The predicted molar refractivity (Wildman–Crippen MR) is 56.2 cm³/mol. The van der Waals surface area contributed by atoms with E-state index in [1.54, 1.807) is 11.3 Å². The molecule has 0 atom stereocenters. The first-order valence-electron chi connectivity index (χ1n) is 4.44. The molecule has 0 bridgehead atoms. The summed E-state index contributed by atoms with van der Waals surface area (Å²) in [7, 11) is 1.92. The number of aromatic nitrogens is 3. The Morgan fingerprint density at radius 3 is 3.21 bits per heavy atom. The summed E-state index contributed by atoms with van der Waals surface area (Å²) in [5.41, 5.74) is 1.06. The maximum Gasteiger partial charge on any atom is 0.114 e. The molecule has 0 unspecified atom stereocenters. The molecule has 0 aliphatic rings. The van der Waals surface area contributed by atoms with Crippen LogP contribution in [0.25, 0.3) is 0 Å². The zero-order chi connectivity index (χ0) is 9.80. The SMILES string of the molecule is CNCc1ccn(Cc2nccs2)n1. The first kappa shape index (κ1) is 9.36. The molecule has 4 nitrogen and oxygen atoms in total. The number of rotatable bonds is 4. The molecule has 74 valence electrons. The van der Waals surface area contributed by atoms with Crippen molar-refractivity contribution in [3.05, 3.63) is 34.5 Å². The monoisotopic (exact) mass is 208 g/mol. The van der Waals surface area contributed by atoms with E-state index in [2.05, 4.69) is 15.4 Å². The molecule has 0 amide bonds. The number of hydrogen-bond acceptors (Lipinski definition) is 4. The molecule has 0 aromatic carbocycles. The lowest BCUT2D eigenvalue weighted by Gasteiger charge is -1.96. The van der Waals surface area contributed by atoms with Gasteiger partial charge in [-0.2, -0.15) is 5.10 Å². The van der Waals surface area contributed by atoms with Gasteiger partial charge in [-0.15, -0.1) is 11.3 Å². The van der Waals surface area contributed by atoms with Crippen molar-refractivity contribution in [2.75, 3.05) is 7.05 Å². The van der Waals surface area contributed by atoms with Crippen LogP contribution in [0.15, 0.2) is 23.8 Å². The molecule has 2 aromatic rings. The molecular weight excluding hydrogens is 196 g/mol. The number of nitrogens with zero attached hydrogens (tertiary/aromatic N) is 3. The molecule has 14 heavy (non-hydrogen) atoms. The van der Waals surface area contributed by atoms with Gasteiger partial charge in [0.25, 0.3) is 0 Å². The van der Waals surface area contributed by atoms with Crippen LogP contribution in [0.5, 0.6) is 0 Å². The molecule has 2 rings (SSSR count). The van der Waals surface area contributed by atoms with Gasteiger partial charge in [0, 0.05) is 24.3 Å². The van der Waals surface area contributed by atoms with Crippen LogP contribution in [-0.4, -0.2) is 21.8 Å². The van der Waals surface area contributed by atoms with Crippen molar-refractivity contribution in [1.82, 2.24) is 20.1 Å². The molecular formula is C9H12N4S. The van der Waals surface area contributed by atoms with E-state index in [9.17, 15) is 0 Å². The highest BCUT2D eigenvalue weighted by Gasteiger charge is 2.00. The Labute approximate surface area is 86.6 Å². The van der Waals surface area contributed by atoms with Gasteiger partial charge in [-0.05, 0) is 13.1 Å². The van der Waals surface area contributed by atoms with E-state index in [1.807, 2.05) is 35.6 Å². The quantitative estimate of drug-likeness (QED) is 0.818. The summed E-state index contributed by atoms with van der Waals surface area (Å²) in [6, 6.07) is 2.02. The standard InChI is InChI=1S/C9H12N4S/c1-10-6-8-2-4-13(12-8)7-9-11-3-5-14-9/h2-5,10H,6-7H2,1H3. The lowest BCUT2D eigenvalue weighted by Crippen LogP contribution is -2.07. The van der Waals surface area contributed by atoms with Crippen molar-refractivity contribution in [2.24, 2.45) is 0 Å². The predicted octanol–water partition coefficient (Wildman–Crippen LogP) is 1.11. The van der Waals surface area contributed by atoms with Gasteiger partial charge in [0.1, 0.15) is 5.01 Å². The summed E-state index contributed by atoms with van der Waals surface area (Å²) < 4.78 is 1.91. The first-order valence-corrected chi connectivity index (χ1v) is 5.32. The third-order valence-electron chi connectivity index (χ3n) is 1.83. The summed E-state index contributed by atoms with van der Waals surface area (Å²) in [5, 5.41) is 10.5. The summed E-state index contributed by atoms with van der Waals surface area (Å²) in [4.78, 5) is 4.21. The molecule has 0 aliphatic heterocycles. The van der Waals surface area contributed by atoms with Gasteiger partial charge in [0.15, 0.2) is 0 Å². The topological polar surface area (TPSA) is 42.7 Å². The molecule has 0 spiro atoms. The zero-order valence-electron chi connectivity index (χ0n) is 7.97. The van der Waals surface area contributed by atoms with Gasteiger partial charge in [0.05, 0.1) is 12.2 Å². The molecule has 0 saturated heterocycles. The van der Waals surface area contributed by atoms with Crippen LogP contribution in [0, 0.1) is 0 Å². The zero-order valence-corrected chi connectivity index (χ0v) is 8.79. The first-order chi connectivity index (χ1) is 6.88. The largest absolute Gasteiger partial charge is 0.314 e. The molecule has 5 heteroatoms. The van der Waals surface area contributed by atoms with Crippen molar-refractivity contribution >= 4 is 11.3 Å². The fraction of sp³-hybridized carbons (Fsp3) is 0.333. The lowest BCUT2D eigenvalue weighted by molar-refractivity contribution is 0.656. The van der Waals surface area contributed by atoms with E-state index in [0.29, 0.717) is 0 Å². The fourth-order valence-electron chi connectivity index (χ4n) is 1.24. The van der Waals surface area contributed by atoms with Crippen molar-refractivity contribution in [3.63, 3.8) is 0 Å². The summed E-state index contributed by atoms with van der Waals surface area (Å²) in [6.07, 6.45) is 3.80. The van der Waals surface area contributed by atoms with E-state index < -0.39 is 0 Å². The van der Waals surface area contributed by atoms with Gasteiger partial charge < -0.3 is 5.32 Å². The van der Waals surface area contributed by atoms with Crippen LogP contribution >= 0.6 is 11.3 Å². The highest BCUT2D eigenvalue weighted by molar-refractivity contribution is 7.09. The minimum absolute atomic E-state index is 0.765. The molecule has 0 aliphatic carbocycles. The second kappa shape index (κ2) is 4.34. The summed E-state index contributed by atoms with van der Waals surface area (Å²) in [6.45, 7) is 1.58. The van der Waals surface area contributed by atoms with Crippen LogP contribution in [0.1, 0.15) is 10.7 Å². The van der Waals surface area contributed by atoms with Gasteiger partial charge in [0.2, 0.25) is 0 Å². The Kier molecular flexibility index (Phi) is 2.90. The van der Waals surface area contributed by atoms with Gasteiger partial charge in [-0.3, -0.25) is 4.68 Å². The Morgan fingerprint density at radius 2 is 2.50 bits per heavy atom. The number of thiazole rings is 1. The average Bonchev–Trinajstić information content (AvgIpc) is 2.79. The van der Waals surface area contributed by atoms with E-state index in [1.165, 1.54) is 0 Å². The van der Waals surface area contributed by atoms with Crippen molar-refractivity contribution in [2.45, 2.75) is 13.1 Å².